The van der Waals surface area contributed by atoms with Crippen LogP contribution in [0.1, 0.15) is 22.4 Å². The Kier molecular flexibility index (Phi) is 3.59. The molecular formula is C12H10ClF3N2S. The number of nitrogens with two attached hydrogens (primary N) is 1. The van der Waals surface area contributed by atoms with Crippen LogP contribution in [0.5, 0.6) is 0 Å². The van der Waals surface area contributed by atoms with Crippen LogP contribution in [0.15, 0.2) is 30.5 Å². The van der Waals surface area contributed by atoms with Crippen molar-refractivity contribution < 1.29 is 13.2 Å². The maximum atomic E-state index is 12.6. The molecule has 0 fully saturated rings. The molecular weight excluding hydrogens is 297 g/mol. The van der Waals surface area contributed by atoms with E-state index in [-0.39, 0.29) is 0 Å². The van der Waals surface area contributed by atoms with Gasteiger partial charge in [-0.2, -0.15) is 13.2 Å². The van der Waals surface area contributed by atoms with Crippen LogP contribution in [0.4, 0.5) is 13.2 Å². The van der Waals surface area contributed by atoms with Crippen LogP contribution < -0.4 is 5.73 Å². The summed E-state index contributed by atoms with van der Waals surface area (Å²) in [6, 6.07) is 6.80. The van der Waals surface area contributed by atoms with Crippen LogP contribution >= 0.6 is 22.9 Å². The molecule has 1 unspecified atom stereocenters. The molecule has 1 atom stereocenters. The lowest BCUT2D eigenvalue weighted by atomic mass is 9.92. The summed E-state index contributed by atoms with van der Waals surface area (Å²) >= 11 is 6.57. The maximum Gasteiger partial charge on any atom is 0.443 e. The Labute approximate surface area is 117 Å². The van der Waals surface area contributed by atoms with Crippen molar-refractivity contribution in [1.29, 1.82) is 0 Å². The number of halogens is 4. The van der Waals surface area contributed by atoms with Gasteiger partial charge in [-0.1, -0.05) is 29.8 Å². The molecule has 7 heteroatoms. The van der Waals surface area contributed by atoms with E-state index in [1.165, 1.54) is 0 Å². The SMILES string of the molecule is CC(N)(c1cnc(C(F)(F)F)s1)c1ccccc1Cl. The van der Waals surface area contributed by atoms with Crippen LogP contribution in [-0.4, -0.2) is 4.98 Å². The zero-order valence-corrected chi connectivity index (χ0v) is 11.4. The minimum absolute atomic E-state index is 0.313. The second-order valence-corrected chi connectivity index (χ2v) is 5.65. The van der Waals surface area contributed by atoms with Gasteiger partial charge in [0.25, 0.3) is 0 Å². The highest BCUT2D eigenvalue weighted by molar-refractivity contribution is 7.11. The summed E-state index contributed by atoms with van der Waals surface area (Å²) in [7, 11) is 0. The fourth-order valence-corrected chi connectivity index (χ4v) is 2.85. The Balaban J connectivity index is 2.46. The standard InChI is InChI=1S/C12H10ClF3N2S/c1-11(17,7-4-2-3-5-8(7)13)9-6-18-10(19-9)12(14,15)16/h2-6H,17H2,1H3. The van der Waals surface area contributed by atoms with Crippen molar-refractivity contribution in [2.45, 2.75) is 18.6 Å². The van der Waals surface area contributed by atoms with Gasteiger partial charge in [0.05, 0.1) is 5.54 Å². The highest BCUT2D eigenvalue weighted by atomic mass is 35.5. The molecule has 0 aliphatic carbocycles. The van der Waals surface area contributed by atoms with Crippen LogP contribution in [0.2, 0.25) is 5.02 Å². The molecule has 0 aliphatic rings. The van der Waals surface area contributed by atoms with Crippen molar-refractivity contribution >= 4 is 22.9 Å². The second-order valence-electron chi connectivity index (χ2n) is 4.21. The maximum absolute atomic E-state index is 12.6. The van der Waals surface area contributed by atoms with E-state index < -0.39 is 16.7 Å². The smallest absolute Gasteiger partial charge is 0.317 e. The molecule has 0 radical (unpaired) electrons. The fourth-order valence-electron chi connectivity index (χ4n) is 1.66. The molecule has 1 heterocycles. The first kappa shape index (κ1) is 14.3. The largest absolute Gasteiger partial charge is 0.443 e. The van der Waals surface area contributed by atoms with Crippen LogP contribution in [0.25, 0.3) is 0 Å². The van der Waals surface area contributed by atoms with Crippen LogP contribution in [0, 0.1) is 0 Å². The minimum Gasteiger partial charge on any atom is -0.317 e. The van der Waals surface area contributed by atoms with Crippen molar-refractivity contribution in [2.75, 3.05) is 0 Å². The average Bonchev–Trinajstić information content (AvgIpc) is 2.78. The lowest BCUT2D eigenvalue weighted by Gasteiger charge is -2.24. The molecule has 0 bridgehead atoms. The summed E-state index contributed by atoms with van der Waals surface area (Å²) in [4.78, 5) is 3.69. The Hall–Kier alpha value is -1.11. The van der Waals surface area contributed by atoms with Gasteiger partial charge in [-0.25, -0.2) is 4.98 Å². The van der Waals surface area contributed by atoms with Gasteiger partial charge in [0.1, 0.15) is 0 Å². The zero-order valence-electron chi connectivity index (χ0n) is 9.83. The molecule has 1 aromatic heterocycles. The average molecular weight is 307 g/mol. The lowest BCUT2D eigenvalue weighted by Crippen LogP contribution is -2.33. The van der Waals surface area contributed by atoms with Crippen molar-refractivity contribution in [1.82, 2.24) is 4.98 Å². The van der Waals surface area contributed by atoms with Crippen molar-refractivity contribution in [3.63, 3.8) is 0 Å². The Morgan fingerprint density at radius 3 is 2.42 bits per heavy atom. The first-order valence-corrected chi connectivity index (χ1v) is 6.50. The molecule has 2 nitrogen and oxygen atoms in total. The summed E-state index contributed by atoms with van der Waals surface area (Å²) in [6.45, 7) is 1.61. The number of rotatable bonds is 2. The van der Waals surface area contributed by atoms with E-state index in [0.29, 0.717) is 26.8 Å². The summed E-state index contributed by atoms with van der Waals surface area (Å²) < 4.78 is 37.7. The number of nitrogens with zero attached hydrogens (tertiary/aromatic N) is 1. The van der Waals surface area contributed by atoms with Gasteiger partial charge < -0.3 is 5.73 Å². The quantitative estimate of drug-likeness (QED) is 0.909. The minimum atomic E-state index is -4.46. The summed E-state index contributed by atoms with van der Waals surface area (Å²) in [5.74, 6) is 0. The van der Waals surface area contributed by atoms with Crippen molar-refractivity contribution in [3.05, 3.63) is 50.9 Å². The van der Waals surface area contributed by atoms with E-state index in [1.807, 2.05) is 0 Å². The van der Waals surface area contributed by atoms with E-state index in [4.69, 9.17) is 17.3 Å². The normalized spacial score (nSPS) is 15.3. The number of hydrogen-bond donors (Lipinski definition) is 1. The summed E-state index contributed by atoms with van der Waals surface area (Å²) in [5.41, 5.74) is 5.59. The number of thiazole rings is 1. The Bertz CT molecular complexity index is 593. The topological polar surface area (TPSA) is 38.9 Å². The van der Waals surface area contributed by atoms with Gasteiger partial charge in [0.2, 0.25) is 0 Å². The predicted molar refractivity (Wildman–Crippen MR) is 69.2 cm³/mol. The molecule has 1 aromatic carbocycles. The van der Waals surface area contributed by atoms with E-state index in [1.54, 1.807) is 31.2 Å². The summed E-state index contributed by atoms with van der Waals surface area (Å²) in [6.07, 6.45) is -3.31. The molecule has 2 N–H and O–H groups in total. The van der Waals surface area contributed by atoms with Crippen molar-refractivity contribution in [3.8, 4) is 0 Å². The molecule has 0 saturated heterocycles. The van der Waals surface area contributed by atoms with Gasteiger partial charge in [0.15, 0.2) is 5.01 Å². The molecule has 2 aromatic rings. The number of benzene rings is 1. The number of hydrogen-bond acceptors (Lipinski definition) is 3. The molecule has 19 heavy (non-hydrogen) atoms. The highest BCUT2D eigenvalue weighted by Crippen LogP contribution is 2.39. The first-order valence-electron chi connectivity index (χ1n) is 5.30. The van der Waals surface area contributed by atoms with E-state index in [9.17, 15) is 13.2 Å². The zero-order chi connectivity index (χ0) is 14.3. The predicted octanol–water partition coefficient (Wildman–Crippen LogP) is 4.04. The van der Waals surface area contributed by atoms with Crippen LogP contribution in [-0.2, 0) is 11.7 Å². The Morgan fingerprint density at radius 2 is 1.89 bits per heavy atom. The monoisotopic (exact) mass is 306 g/mol. The third-order valence-corrected chi connectivity index (χ3v) is 4.30. The third-order valence-electron chi connectivity index (χ3n) is 2.69. The van der Waals surface area contributed by atoms with E-state index in [0.717, 1.165) is 6.20 Å². The van der Waals surface area contributed by atoms with Gasteiger partial charge in [-0.3, -0.25) is 0 Å². The highest BCUT2D eigenvalue weighted by Gasteiger charge is 2.37. The van der Waals surface area contributed by atoms with Gasteiger partial charge in [-0.15, -0.1) is 11.3 Å². The summed E-state index contributed by atoms with van der Waals surface area (Å²) in [5, 5.41) is -0.499. The van der Waals surface area contributed by atoms with Crippen molar-refractivity contribution in [2.24, 2.45) is 5.73 Å². The van der Waals surface area contributed by atoms with E-state index >= 15 is 0 Å². The van der Waals surface area contributed by atoms with Gasteiger partial charge in [0, 0.05) is 16.1 Å². The third kappa shape index (κ3) is 2.75. The molecule has 0 amide bonds. The molecule has 102 valence electrons. The lowest BCUT2D eigenvalue weighted by molar-refractivity contribution is -0.137. The molecule has 0 saturated carbocycles. The number of aromatic nitrogens is 1. The molecule has 0 spiro atoms. The van der Waals surface area contributed by atoms with E-state index in [2.05, 4.69) is 4.98 Å². The van der Waals surface area contributed by atoms with Gasteiger partial charge in [-0.05, 0) is 18.6 Å². The Morgan fingerprint density at radius 1 is 1.26 bits per heavy atom. The first-order chi connectivity index (χ1) is 8.73. The second kappa shape index (κ2) is 4.77. The molecule has 0 aliphatic heterocycles. The molecule has 2 rings (SSSR count). The fraction of sp³-hybridized carbons (Fsp3) is 0.250. The van der Waals surface area contributed by atoms with Crippen LogP contribution in [0.3, 0.4) is 0 Å². The van der Waals surface area contributed by atoms with Gasteiger partial charge >= 0.3 is 6.18 Å². The number of alkyl halides is 3.